The Morgan fingerprint density at radius 3 is 2.42 bits per heavy atom. The molecule has 0 radical (unpaired) electrons. The van der Waals surface area contributed by atoms with Crippen LogP contribution in [0.3, 0.4) is 0 Å². The minimum absolute atomic E-state index is 0.259. The second-order valence-electron chi connectivity index (χ2n) is 7.53. The molecule has 0 bridgehead atoms. The highest BCUT2D eigenvalue weighted by Gasteiger charge is 2.21. The van der Waals surface area contributed by atoms with E-state index in [4.69, 9.17) is 9.15 Å². The Morgan fingerprint density at radius 2 is 1.67 bits per heavy atom. The van der Waals surface area contributed by atoms with Gasteiger partial charge in [0.2, 0.25) is 5.89 Å². The van der Waals surface area contributed by atoms with Gasteiger partial charge in [-0.1, -0.05) is 54.6 Å². The number of benzene rings is 2. The van der Waals surface area contributed by atoms with E-state index in [-0.39, 0.29) is 12.7 Å². The van der Waals surface area contributed by atoms with Crippen LogP contribution < -0.4 is 0 Å². The van der Waals surface area contributed by atoms with Crippen LogP contribution in [0.2, 0.25) is 0 Å². The molecule has 5 rings (SSSR count). The van der Waals surface area contributed by atoms with Gasteiger partial charge < -0.3 is 14.1 Å². The highest BCUT2D eigenvalue weighted by atomic mass is 16.6. The van der Waals surface area contributed by atoms with Crippen molar-refractivity contribution >= 4 is 11.7 Å². The second-order valence-corrected chi connectivity index (χ2v) is 7.53. The fourth-order valence-corrected chi connectivity index (χ4v) is 3.53. The molecule has 1 amide bonds. The molecule has 8 nitrogen and oxygen atoms in total. The fourth-order valence-electron chi connectivity index (χ4n) is 3.53. The Morgan fingerprint density at radius 1 is 0.939 bits per heavy atom. The first-order valence-electron chi connectivity index (χ1n) is 10.6. The summed E-state index contributed by atoms with van der Waals surface area (Å²) in [6, 6.07) is 19.2. The molecule has 0 spiro atoms. The van der Waals surface area contributed by atoms with Crippen molar-refractivity contribution in [2.45, 2.75) is 13.0 Å². The normalized spacial score (nSPS) is 13.5. The lowest BCUT2D eigenvalue weighted by molar-refractivity contribution is 0.0998. The lowest BCUT2D eigenvalue weighted by Gasteiger charge is -2.25. The first-order chi connectivity index (χ1) is 16.3. The van der Waals surface area contributed by atoms with Gasteiger partial charge in [-0.25, -0.2) is 9.78 Å². The summed E-state index contributed by atoms with van der Waals surface area (Å²) >= 11 is 0. The summed E-state index contributed by atoms with van der Waals surface area (Å²) in [6.07, 6.45) is 5.60. The van der Waals surface area contributed by atoms with Crippen molar-refractivity contribution in [3.05, 3.63) is 90.4 Å². The SMILES string of the molecule is O=C(OCc1ccccc1)N1CC=C(c2cncc(-c3nnc(-c4ccccc4)o3)n2)CC1. The molecule has 0 unspecified atom stereocenters. The van der Waals surface area contributed by atoms with Crippen LogP contribution in [-0.4, -0.2) is 44.2 Å². The Bertz CT molecular complexity index is 1270. The third kappa shape index (κ3) is 4.79. The number of carbonyl (C=O) groups excluding carboxylic acids is 1. The third-order valence-electron chi connectivity index (χ3n) is 5.30. The number of hydrogen-bond donors (Lipinski definition) is 0. The molecule has 2 aromatic carbocycles. The minimum atomic E-state index is -0.326. The van der Waals surface area contributed by atoms with Crippen LogP contribution in [-0.2, 0) is 11.3 Å². The molecular formula is C25H21N5O3. The van der Waals surface area contributed by atoms with Crippen LogP contribution in [0.25, 0.3) is 28.6 Å². The molecule has 0 atom stereocenters. The van der Waals surface area contributed by atoms with Crippen LogP contribution in [0.15, 0.2) is 83.6 Å². The molecular weight excluding hydrogens is 418 g/mol. The fraction of sp³-hybridized carbons (Fsp3) is 0.160. The number of nitrogens with zero attached hydrogens (tertiary/aromatic N) is 5. The lowest BCUT2D eigenvalue weighted by atomic mass is 10.1. The maximum absolute atomic E-state index is 12.4. The largest absolute Gasteiger partial charge is 0.445 e. The first-order valence-corrected chi connectivity index (χ1v) is 10.6. The third-order valence-corrected chi connectivity index (χ3v) is 5.30. The van der Waals surface area contributed by atoms with Gasteiger partial charge in [-0.3, -0.25) is 4.98 Å². The number of carbonyl (C=O) groups is 1. The maximum Gasteiger partial charge on any atom is 0.410 e. The highest BCUT2D eigenvalue weighted by Crippen LogP contribution is 2.25. The van der Waals surface area contributed by atoms with Crippen LogP contribution in [0, 0.1) is 0 Å². The van der Waals surface area contributed by atoms with Gasteiger partial charge in [0, 0.05) is 18.7 Å². The monoisotopic (exact) mass is 439 g/mol. The van der Waals surface area contributed by atoms with Gasteiger partial charge in [-0.15, -0.1) is 10.2 Å². The molecule has 1 aliphatic heterocycles. The van der Waals surface area contributed by atoms with Crippen molar-refractivity contribution in [2.24, 2.45) is 0 Å². The van der Waals surface area contributed by atoms with Crippen molar-refractivity contribution in [2.75, 3.05) is 13.1 Å². The van der Waals surface area contributed by atoms with Crippen LogP contribution in [0.1, 0.15) is 17.7 Å². The van der Waals surface area contributed by atoms with Crippen molar-refractivity contribution in [3.8, 4) is 23.0 Å². The second kappa shape index (κ2) is 9.44. The molecule has 0 N–H and O–H groups in total. The van der Waals surface area contributed by atoms with E-state index in [1.54, 1.807) is 17.3 Å². The van der Waals surface area contributed by atoms with E-state index in [0.717, 1.165) is 22.4 Å². The molecule has 0 fully saturated rings. The zero-order valence-corrected chi connectivity index (χ0v) is 17.8. The summed E-state index contributed by atoms with van der Waals surface area (Å²) in [7, 11) is 0. The Kier molecular flexibility index (Phi) is 5.88. The topological polar surface area (TPSA) is 94.2 Å². The Balaban J connectivity index is 1.25. The average Bonchev–Trinajstić information content (AvgIpc) is 3.39. The van der Waals surface area contributed by atoms with Crippen molar-refractivity contribution in [1.29, 1.82) is 0 Å². The number of aromatic nitrogens is 4. The van der Waals surface area contributed by atoms with Crippen molar-refractivity contribution in [3.63, 3.8) is 0 Å². The number of amides is 1. The molecule has 33 heavy (non-hydrogen) atoms. The van der Waals surface area contributed by atoms with Crippen molar-refractivity contribution < 1.29 is 13.9 Å². The molecule has 164 valence electrons. The smallest absolute Gasteiger partial charge is 0.410 e. The summed E-state index contributed by atoms with van der Waals surface area (Å²) in [5.74, 6) is 0.741. The number of rotatable bonds is 5. The van der Waals surface area contributed by atoms with E-state index in [1.165, 1.54) is 0 Å². The molecule has 2 aromatic heterocycles. The summed E-state index contributed by atoms with van der Waals surface area (Å²) in [4.78, 5) is 23.0. The van der Waals surface area contributed by atoms with Gasteiger partial charge in [0.1, 0.15) is 12.3 Å². The molecule has 0 saturated carbocycles. The van der Waals surface area contributed by atoms with E-state index in [1.807, 2.05) is 66.7 Å². The Hall–Kier alpha value is -4.33. The molecule has 3 heterocycles. The maximum atomic E-state index is 12.4. The van der Waals surface area contributed by atoms with Gasteiger partial charge in [0.25, 0.3) is 5.89 Å². The predicted octanol–water partition coefficient (Wildman–Crippen LogP) is 4.62. The average molecular weight is 439 g/mol. The zero-order chi connectivity index (χ0) is 22.5. The highest BCUT2D eigenvalue weighted by molar-refractivity contribution is 5.71. The molecule has 8 heteroatoms. The molecule has 1 aliphatic rings. The molecule has 0 aliphatic carbocycles. The number of hydrogen-bond acceptors (Lipinski definition) is 7. The summed E-state index contributed by atoms with van der Waals surface area (Å²) in [6.45, 7) is 1.26. The lowest BCUT2D eigenvalue weighted by Crippen LogP contribution is -2.35. The van der Waals surface area contributed by atoms with E-state index in [0.29, 0.717) is 37.0 Å². The van der Waals surface area contributed by atoms with Crippen LogP contribution in [0.4, 0.5) is 4.79 Å². The van der Waals surface area contributed by atoms with Crippen LogP contribution in [0.5, 0.6) is 0 Å². The van der Waals surface area contributed by atoms with E-state index >= 15 is 0 Å². The van der Waals surface area contributed by atoms with E-state index in [9.17, 15) is 4.79 Å². The molecule has 0 saturated heterocycles. The zero-order valence-electron chi connectivity index (χ0n) is 17.8. The van der Waals surface area contributed by atoms with E-state index in [2.05, 4.69) is 20.2 Å². The first kappa shape index (κ1) is 20.6. The number of ether oxygens (including phenoxy) is 1. The summed E-state index contributed by atoms with van der Waals surface area (Å²) < 4.78 is 11.2. The van der Waals surface area contributed by atoms with Crippen molar-refractivity contribution in [1.82, 2.24) is 25.1 Å². The van der Waals surface area contributed by atoms with Gasteiger partial charge in [0.15, 0.2) is 0 Å². The van der Waals surface area contributed by atoms with Gasteiger partial charge in [-0.2, -0.15) is 0 Å². The summed E-state index contributed by atoms with van der Waals surface area (Å²) in [5, 5.41) is 8.24. The quantitative estimate of drug-likeness (QED) is 0.448. The summed E-state index contributed by atoms with van der Waals surface area (Å²) in [5.41, 5.74) is 4.05. The minimum Gasteiger partial charge on any atom is -0.445 e. The van der Waals surface area contributed by atoms with Gasteiger partial charge in [-0.05, 0) is 29.7 Å². The predicted molar refractivity (Wildman–Crippen MR) is 122 cm³/mol. The standard InChI is InChI=1S/C25H21N5O3/c31-25(32-17-18-7-3-1-4-8-18)30-13-11-19(12-14-30)21-15-26-16-22(27-21)24-29-28-23(33-24)20-9-5-2-6-10-20/h1-11,15-16H,12-14,17H2. The van der Waals surface area contributed by atoms with E-state index < -0.39 is 0 Å². The Labute approximate surface area is 190 Å². The molecule has 4 aromatic rings. The van der Waals surface area contributed by atoms with Gasteiger partial charge in [0.05, 0.1) is 18.1 Å². The van der Waals surface area contributed by atoms with Gasteiger partial charge >= 0.3 is 6.09 Å². The van der Waals surface area contributed by atoms with Crippen LogP contribution >= 0.6 is 0 Å².